The molecular formula is C13H11NOS2. The van der Waals surface area contributed by atoms with Crippen molar-refractivity contribution in [3.05, 3.63) is 52.4 Å². The van der Waals surface area contributed by atoms with Gasteiger partial charge >= 0.3 is 0 Å². The lowest BCUT2D eigenvalue weighted by molar-refractivity contribution is -0.115. The molecule has 0 unspecified atom stereocenters. The van der Waals surface area contributed by atoms with E-state index in [0.29, 0.717) is 9.23 Å². The zero-order chi connectivity index (χ0) is 12.3. The second-order valence-corrected chi connectivity index (χ2v) is 5.29. The molecule has 1 aromatic rings. The molecule has 0 spiro atoms. The number of benzene rings is 1. The highest BCUT2D eigenvalue weighted by Crippen LogP contribution is 2.27. The standard InChI is InChI=1S/C13H11NOS2/c1-9(11-12(15)14-13(16)17-11)7-8-10-5-3-2-4-6-10/h2-8H,1H3,(H,14,15,16)/b8-7+,11-9-. The van der Waals surface area contributed by atoms with Crippen molar-refractivity contribution in [2.45, 2.75) is 6.92 Å². The van der Waals surface area contributed by atoms with Gasteiger partial charge in [0.25, 0.3) is 5.91 Å². The molecule has 4 heteroatoms. The molecule has 1 saturated heterocycles. The van der Waals surface area contributed by atoms with Gasteiger partial charge in [0.1, 0.15) is 4.32 Å². The van der Waals surface area contributed by atoms with E-state index in [-0.39, 0.29) is 5.91 Å². The van der Waals surface area contributed by atoms with Crippen LogP contribution < -0.4 is 5.32 Å². The van der Waals surface area contributed by atoms with E-state index in [1.165, 1.54) is 11.8 Å². The third-order valence-corrected chi connectivity index (χ3v) is 3.65. The normalized spacial score (nSPS) is 18.6. The van der Waals surface area contributed by atoms with Gasteiger partial charge < -0.3 is 5.32 Å². The van der Waals surface area contributed by atoms with Crippen molar-refractivity contribution < 1.29 is 4.79 Å². The summed E-state index contributed by atoms with van der Waals surface area (Å²) in [6.07, 6.45) is 3.92. The summed E-state index contributed by atoms with van der Waals surface area (Å²) in [4.78, 5) is 12.2. The van der Waals surface area contributed by atoms with E-state index in [9.17, 15) is 4.79 Å². The lowest BCUT2D eigenvalue weighted by atomic mass is 10.1. The van der Waals surface area contributed by atoms with Gasteiger partial charge in [-0.05, 0) is 18.1 Å². The quantitative estimate of drug-likeness (QED) is 0.655. The summed E-state index contributed by atoms with van der Waals surface area (Å²) in [7, 11) is 0. The Morgan fingerprint density at radius 2 is 2.06 bits per heavy atom. The zero-order valence-electron chi connectivity index (χ0n) is 9.27. The van der Waals surface area contributed by atoms with Crippen molar-refractivity contribution >= 4 is 40.3 Å². The Kier molecular flexibility index (Phi) is 3.76. The summed E-state index contributed by atoms with van der Waals surface area (Å²) < 4.78 is 0.525. The van der Waals surface area contributed by atoms with Gasteiger partial charge in [0.15, 0.2) is 0 Å². The maximum absolute atomic E-state index is 11.5. The summed E-state index contributed by atoms with van der Waals surface area (Å²) in [6, 6.07) is 9.96. The molecule has 1 fully saturated rings. The molecule has 1 aromatic carbocycles. The van der Waals surface area contributed by atoms with Gasteiger partial charge in [0.2, 0.25) is 0 Å². The van der Waals surface area contributed by atoms with Crippen molar-refractivity contribution in [2.75, 3.05) is 0 Å². The second-order valence-electron chi connectivity index (χ2n) is 3.60. The molecule has 1 aliphatic rings. The summed E-state index contributed by atoms with van der Waals surface area (Å²) in [6.45, 7) is 1.91. The second kappa shape index (κ2) is 5.29. The minimum atomic E-state index is -0.102. The highest BCUT2D eigenvalue weighted by molar-refractivity contribution is 8.26. The van der Waals surface area contributed by atoms with Gasteiger partial charge in [-0.25, -0.2) is 0 Å². The summed E-state index contributed by atoms with van der Waals surface area (Å²) >= 11 is 6.26. The first-order valence-electron chi connectivity index (χ1n) is 5.14. The predicted octanol–water partition coefficient (Wildman–Crippen LogP) is 3.12. The van der Waals surface area contributed by atoms with Crippen molar-refractivity contribution in [2.24, 2.45) is 0 Å². The molecule has 86 valence electrons. The SMILES string of the molecule is CC(/C=C/c1ccccc1)=C1/SC(=S)NC1=O. The number of thioether (sulfide) groups is 1. The van der Waals surface area contributed by atoms with Crippen molar-refractivity contribution in [1.82, 2.24) is 5.32 Å². The highest BCUT2D eigenvalue weighted by atomic mass is 32.2. The zero-order valence-corrected chi connectivity index (χ0v) is 10.9. The van der Waals surface area contributed by atoms with E-state index in [2.05, 4.69) is 5.32 Å². The van der Waals surface area contributed by atoms with Crippen molar-refractivity contribution in [3.8, 4) is 0 Å². The number of allylic oxidation sites excluding steroid dienone is 2. The van der Waals surface area contributed by atoms with E-state index < -0.39 is 0 Å². The summed E-state index contributed by atoms with van der Waals surface area (Å²) in [5, 5.41) is 2.61. The van der Waals surface area contributed by atoms with Crippen LogP contribution in [0.4, 0.5) is 0 Å². The largest absolute Gasteiger partial charge is 0.307 e. The maximum atomic E-state index is 11.5. The van der Waals surface area contributed by atoms with Crippen LogP contribution in [0.15, 0.2) is 46.9 Å². The fourth-order valence-electron chi connectivity index (χ4n) is 1.43. The first-order valence-corrected chi connectivity index (χ1v) is 6.36. The fourth-order valence-corrected chi connectivity index (χ4v) is 2.48. The lowest BCUT2D eigenvalue weighted by Crippen LogP contribution is -2.18. The van der Waals surface area contributed by atoms with Crippen LogP contribution in [0.2, 0.25) is 0 Å². The number of amides is 1. The van der Waals surface area contributed by atoms with Gasteiger partial charge in [-0.2, -0.15) is 0 Å². The Bertz CT molecular complexity index is 517. The van der Waals surface area contributed by atoms with E-state index in [4.69, 9.17) is 12.2 Å². The number of hydrogen-bond acceptors (Lipinski definition) is 3. The Morgan fingerprint density at radius 3 is 2.65 bits per heavy atom. The Morgan fingerprint density at radius 1 is 1.35 bits per heavy atom. The Hall–Kier alpha value is -1.39. The molecule has 1 heterocycles. The number of hydrogen-bond donors (Lipinski definition) is 1. The van der Waals surface area contributed by atoms with E-state index in [1.807, 2.05) is 49.4 Å². The summed E-state index contributed by atoms with van der Waals surface area (Å²) in [5.41, 5.74) is 2.04. The van der Waals surface area contributed by atoms with Gasteiger partial charge in [-0.1, -0.05) is 66.5 Å². The smallest absolute Gasteiger partial charge is 0.263 e. The fraction of sp³-hybridized carbons (Fsp3) is 0.0769. The minimum absolute atomic E-state index is 0.102. The molecular weight excluding hydrogens is 250 g/mol. The molecule has 1 amide bonds. The number of nitrogens with one attached hydrogen (secondary N) is 1. The van der Waals surface area contributed by atoms with Crippen LogP contribution in [0.1, 0.15) is 12.5 Å². The van der Waals surface area contributed by atoms with Gasteiger partial charge in [0, 0.05) is 0 Å². The molecule has 0 saturated carbocycles. The monoisotopic (exact) mass is 261 g/mol. The van der Waals surface area contributed by atoms with Crippen LogP contribution in [0.3, 0.4) is 0 Å². The molecule has 0 bridgehead atoms. The Labute approximate surface area is 110 Å². The highest BCUT2D eigenvalue weighted by Gasteiger charge is 2.23. The van der Waals surface area contributed by atoms with Crippen LogP contribution >= 0.6 is 24.0 Å². The predicted molar refractivity (Wildman–Crippen MR) is 76.5 cm³/mol. The van der Waals surface area contributed by atoms with E-state index >= 15 is 0 Å². The molecule has 0 atom stereocenters. The van der Waals surface area contributed by atoms with E-state index in [0.717, 1.165) is 11.1 Å². The topological polar surface area (TPSA) is 29.1 Å². The van der Waals surface area contributed by atoms with Crippen LogP contribution in [-0.4, -0.2) is 10.2 Å². The molecule has 0 aromatic heterocycles. The first kappa shape index (κ1) is 12.1. The number of thiocarbonyl (C=S) groups is 1. The molecule has 1 aliphatic heterocycles. The molecule has 0 aliphatic carbocycles. The third-order valence-electron chi connectivity index (χ3n) is 2.30. The lowest BCUT2D eigenvalue weighted by Gasteiger charge is -1.96. The van der Waals surface area contributed by atoms with Crippen molar-refractivity contribution in [3.63, 3.8) is 0 Å². The van der Waals surface area contributed by atoms with Crippen LogP contribution in [-0.2, 0) is 4.79 Å². The summed E-state index contributed by atoms with van der Waals surface area (Å²) in [5.74, 6) is -0.102. The van der Waals surface area contributed by atoms with Gasteiger partial charge in [0.05, 0.1) is 4.91 Å². The maximum Gasteiger partial charge on any atom is 0.263 e. The number of carbonyl (C=O) groups is 1. The molecule has 17 heavy (non-hydrogen) atoms. The molecule has 0 radical (unpaired) electrons. The number of rotatable bonds is 2. The first-order chi connectivity index (χ1) is 8.16. The molecule has 1 N–H and O–H groups in total. The minimum Gasteiger partial charge on any atom is -0.307 e. The molecule has 2 nitrogen and oxygen atoms in total. The van der Waals surface area contributed by atoms with Crippen LogP contribution in [0.5, 0.6) is 0 Å². The van der Waals surface area contributed by atoms with Crippen LogP contribution in [0.25, 0.3) is 6.08 Å². The van der Waals surface area contributed by atoms with E-state index in [1.54, 1.807) is 0 Å². The van der Waals surface area contributed by atoms with Crippen LogP contribution in [0, 0.1) is 0 Å². The third kappa shape index (κ3) is 3.05. The molecule has 2 rings (SSSR count). The average molecular weight is 261 g/mol. The van der Waals surface area contributed by atoms with Gasteiger partial charge in [-0.15, -0.1) is 0 Å². The van der Waals surface area contributed by atoms with Crippen molar-refractivity contribution in [1.29, 1.82) is 0 Å². The van der Waals surface area contributed by atoms with Gasteiger partial charge in [-0.3, -0.25) is 4.79 Å². The average Bonchev–Trinajstić information content (AvgIpc) is 2.67. The number of carbonyl (C=O) groups excluding carboxylic acids is 1. The Balaban J connectivity index is 2.19.